The van der Waals surface area contributed by atoms with Gasteiger partial charge in [0.25, 0.3) is 0 Å². The largest absolute Gasteiger partial charge is 0.416 e. The van der Waals surface area contributed by atoms with Crippen LogP contribution < -0.4 is 4.90 Å². The molecule has 1 fully saturated rings. The van der Waals surface area contributed by atoms with Crippen molar-refractivity contribution in [1.82, 2.24) is 4.90 Å². The van der Waals surface area contributed by atoms with E-state index >= 15 is 0 Å². The molecule has 0 saturated carbocycles. The number of carbonyl (C=O) groups excluding carboxylic acids is 1. The van der Waals surface area contributed by atoms with Gasteiger partial charge in [0, 0.05) is 38.2 Å². The monoisotopic (exact) mass is 432 g/mol. The normalized spacial score (nSPS) is 21.2. The Labute approximate surface area is 180 Å². The summed E-state index contributed by atoms with van der Waals surface area (Å²) < 4.78 is 38.4. The van der Waals surface area contributed by atoms with Crippen molar-refractivity contribution >= 4 is 11.6 Å². The van der Waals surface area contributed by atoms with E-state index in [9.17, 15) is 23.1 Å². The average molecular weight is 432 g/mol. The summed E-state index contributed by atoms with van der Waals surface area (Å²) >= 11 is 0. The lowest BCUT2D eigenvalue weighted by atomic mass is 9.84. The number of nitrogens with zero attached hydrogens (tertiary/aromatic N) is 2. The number of aliphatic hydroxyl groups is 1. The summed E-state index contributed by atoms with van der Waals surface area (Å²) in [5.41, 5.74) is 0.952. The number of piperidine rings is 1. The Bertz CT molecular complexity index is 935. The number of hydrogen-bond acceptors (Lipinski definition) is 3. The van der Waals surface area contributed by atoms with Crippen molar-refractivity contribution in [2.75, 3.05) is 31.1 Å². The molecule has 7 heteroatoms. The van der Waals surface area contributed by atoms with E-state index in [4.69, 9.17) is 0 Å². The third kappa shape index (κ3) is 4.48. The number of anilines is 1. The zero-order chi connectivity index (χ0) is 22.2. The highest BCUT2D eigenvalue weighted by atomic mass is 19.4. The predicted octanol–water partition coefficient (Wildman–Crippen LogP) is 4.53. The van der Waals surface area contributed by atoms with E-state index in [1.165, 1.54) is 17.7 Å². The van der Waals surface area contributed by atoms with Crippen molar-refractivity contribution in [2.45, 2.75) is 43.9 Å². The van der Waals surface area contributed by atoms with Crippen LogP contribution in [0, 0.1) is 0 Å². The number of fused-ring (bicyclic) bond motifs is 1. The molecule has 2 aliphatic heterocycles. The molecule has 31 heavy (non-hydrogen) atoms. The lowest BCUT2D eigenvalue weighted by Crippen LogP contribution is -2.43. The fourth-order valence-corrected chi connectivity index (χ4v) is 4.78. The topological polar surface area (TPSA) is 43.8 Å². The Morgan fingerprint density at radius 1 is 1.10 bits per heavy atom. The summed E-state index contributed by atoms with van der Waals surface area (Å²) in [5.74, 6) is 0.338. The third-order valence-corrected chi connectivity index (χ3v) is 6.68. The number of para-hydroxylation sites is 1. The second-order valence-electron chi connectivity index (χ2n) is 8.62. The molecule has 4 nitrogen and oxygen atoms in total. The molecule has 1 unspecified atom stereocenters. The minimum absolute atomic E-state index is 0.0505. The van der Waals surface area contributed by atoms with Crippen LogP contribution in [0.3, 0.4) is 0 Å². The van der Waals surface area contributed by atoms with Crippen molar-refractivity contribution in [3.05, 3.63) is 65.2 Å². The van der Waals surface area contributed by atoms with Gasteiger partial charge in [0.2, 0.25) is 5.91 Å². The molecule has 1 saturated heterocycles. The lowest BCUT2D eigenvalue weighted by Gasteiger charge is -2.39. The van der Waals surface area contributed by atoms with Crippen LogP contribution in [0.25, 0.3) is 0 Å². The summed E-state index contributed by atoms with van der Waals surface area (Å²) in [4.78, 5) is 16.1. The molecule has 1 amide bonds. The molecule has 4 rings (SSSR count). The number of rotatable bonds is 4. The highest BCUT2D eigenvalue weighted by molar-refractivity contribution is 5.94. The van der Waals surface area contributed by atoms with E-state index in [1.54, 1.807) is 6.92 Å². The Balaban J connectivity index is 1.34. The van der Waals surface area contributed by atoms with Gasteiger partial charge in [0.05, 0.1) is 11.2 Å². The van der Waals surface area contributed by atoms with E-state index in [-0.39, 0.29) is 11.8 Å². The minimum Gasteiger partial charge on any atom is -0.385 e. The third-order valence-electron chi connectivity index (χ3n) is 6.68. The van der Waals surface area contributed by atoms with Gasteiger partial charge in [-0.05, 0) is 55.1 Å². The van der Waals surface area contributed by atoms with Crippen molar-refractivity contribution in [3.8, 4) is 0 Å². The Kier molecular flexibility index (Phi) is 5.83. The molecule has 1 N–H and O–H groups in total. The number of hydrogen-bond donors (Lipinski definition) is 1. The van der Waals surface area contributed by atoms with E-state index in [1.807, 2.05) is 23.1 Å². The molecule has 166 valence electrons. The first kappa shape index (κ1) is 21.8. The number of amides is 1. The molecule has 2 aromatic carbocycles. The first-order valence-electron chi connectivity index (χ1n) is 10.7. The molecular weight excluding hydrogens is 405 g/mol. The summed E-state index contributed by atoms with van der Waals surface area (Å²) in [5, 5.41) is 11.0. The smallest absolute Gasteiger partial charge is 0.385 e. The summed E-state index contributed by atoms with van der Waals surface area (Å²) in [6.45, 7) is 4.50. The van der Waals surface area contributed by atoms with Crippen LogP contribution in [0.2, 0.25) is 0 Å². The van der Waals surface area contributed by atoms with Crippen LogP contribution in [-0.4, -0.2) is 42.1 Å². The molecular formula is C24H27F3N2O2. The minimum atomic E-state index is -4.37. The fraction of sp³-hybridized carbons (Fsp3) is 0.458. The van der Waals surface area contributed by atoms with Crippen LogP contribution in [-0.2, 0) is 16.6 Å². The highest BCUT2D eigenvalue weighted by Crippen LogP contribution is 2.39. The average Bonchev–Trinajstić information content (AvgIpc) is 3.12. The highest BCUT2D eigenvalue weighted by Gasteiger charge is 2.36. The van der Waals surface area contributed by atoms with Gasteiger partial charge >= 0.3 is 6.18 Å². The zero-order valence-corrected chi connectivity index (χ0v) is 17.5. The van der Waals surface area contributed by atoms with Gasteiger partial charge < -0.3 is 14.9 Å². The summed E-state index contributed by atoms with van der Waals surface area (Å²) in [6.07, 6.45) is -2.49. The quantitative estimate of drug-likeness (QED) is 0.772. The van der Waals surface area contributed by atoms with E-state index in [0.717, 1.165) is 30.8 Å². The van der Waals surface area contributed by atoms with Gasteiger partial charge in [-0.2, -0.15) is 13.2 Å². The fourth-order valence-electron chi connectivity index (χ4n) is 4.78. The molecule has 0 radical (unpaired) electrons. The first-order chi connectivity index (χ1) is 14.7. The second kappa shape index (κ2) is 8.28. The maximum Gasteiger partial charge on any atom is 0.416 e. The lowest BCUT2D eigenvalue weighted by molar-refractivity contribution is -0.137. The van der Waals surface area contributed by atoms with Crippen LogP contribution in [0.1, 0.15) is 48.8 Å². The summed E-state index contributed by atoms with van der Waals surface area (Å²) in [7, 11) is 0. The molecule has 0 aliphatic carbocycles. The predicted molar refractivity (Wildman–Crippen MR) is 113 cm³/mol. The van der Waals surface area contributed by atoms with Crippen LogP contribution in [0.15, 0.2) is 48.5 Å². The van der Waals surface area contributed by atoms with E-state index < -0.39 is 17.3 Å². The second-order valence-corrected chi connectivity index (χ2v) is 8.62. The molecule has 0 bridgehead atoms. The molecule has 2 heterocycles. The Hall–Kier alpha value is -2.38. The van der Waals surface area contributed by atoms with Crippen molar-refractivity contribution in [3.63, 3.8) is 0 Å². The van der Waals surface area contributed by atoms with Gasteiger partial charge in [-0.3, -0.25) is 4.79 Å². The van der Waals surface area contributed by atoms with Crippen molar-refractivity contribution in [2.24, 2.45) is 0 Å². The standard InChI is InChI=1S/C24H27F3N2O2/c1-17(30)29-16-18(21-4-2-3-5-22(21)29)10-13-28-14-11-23(31,12-15-28)19-6-8-20(9-7-19)24(25,26)27/h2-9,18,31H,10-16H2,1H3. The molecule has 2 aromatic rings. The van der Waals surface area contributed by atoms with Crippen LogP contribution in [0.4, 0.5) is 18.9 Å². The Morgan fingerprint density at radius 2 is 1.74 bits per heavy atom. The molecule has 2 aliphatic rings. The molecule has 1 atom stereocenters. The molecule has 0 spiro atoms. The number of benzene rings is 2. The maximum absolute atomic E-state index is 12.8. The van der Waals surface area contributed by atoms with Gasteiger partial charge in [-0.1, -0.05) is 30.3 Å². The Morgan fingerprint density at radius 3 is 2.35 bits per heavy atom. The van der Waals surface area contributed by atoms with Gasteiger partial charge in [-0.25, -0.2) is 0 Å². The van der Waals surface area contributed by atoms with E-state index in [0.29, 0.717) is 38.0 Å². The molecule has 0 aromatic heterocycles. The maximum atomic E-state index is 12.8. The van der Waals surface area contributed by atoms with Gasteiger partial charge in [-0.15, -0.1) is 0 Å². The van der Waals surface area contributed by atoms with Crippen LogP contribution in [0.5, 0.6) is 0 Å². The number of carbonyl (C=O) groups is 1. The zero-order valence-electron chi connectivity index (χ0n) is 17.5. The van der Waals surface area contributed by atoms with Crippen molar-refractivity contribution in [1.29, 1.82) is 0 Å². The number of alkyl halides is 3. The number of likely N-dealkylation sites (tertiary alicyclic amines) is 1. The number of halogens is 3. The van der Waals surface area contributed by atoms with Crippen LogP contribution >= 0.6 is 0 Å². The first-order valence-corrected chi connectivity index (χ1v) is 10.7. The van der Waals surface area contributed by atoms with Gasteiger partial charge in [0.1, 0.15) is 0 Å². The van der Waals surface area contributed by atoms with Crippen molar-refractivity contribution < 1.29 is 23.1 Å². The SMILES string of the molecule is CC(=O)N1CC(CCN2CCC(O)(c3ccc(C(F)(F)F)cc3)CC2)c2ccccc21. The van der Waals surface area contributed by atoms with E-state index in [2.05, 4.69) is 11.0 Å². The van der Waals surface area contributed by atoms with Gasteiger partial charge in [0.15, 0.2) is 0 Å². The summed E-state index contributed by atoms with van der Waals surface area (Å²) in [6, 6.07) is 12.9.